The highest BCUT2D eigenvalue weighted by molar-refractivity contribution is 5.62. The van der Waals surface area contributed by atoms with E-state index in [1.54, 1.807) is 24.3 Å². The van der Waals surface area contributed by atoms with Gasteiger partial charge in [-0.05, 0) is 11.6 Å². The molecule has 0 radical (unpaired) electrons. The van der Waals surface area contributed by atoms with Crippen molar-refractivity contribution >= 4 is 6.08 Å². The number of hydrogen-bond acceptors (Lipinski definition) is 3. The lowest BCUT2D eigenvalue weighted by molar-refractivity contribution is -0.268. The Labute approximate surface area is 75.8 Å². The molecule has 0 aliphatic rings. The van der Waals surface area contributed by atoms with Gasteiger partial charge in [0.05, 0.1) is 0 Å². The van der Waals surface area contributed by atoms with Crippen molar-refractivity contribution in [1.29, 1.82) is 10.5 Å². The fourth-order valence-corrected chi connectivity index (χ4v) is 0.820. The summed E-state index contributed by atoms with van der Waals surface area (Å²) in [6, 6.07) is 9.38. The number of benzene rings is 1. The molecule has 0 amide bonds. The second-order valence-electron chi connectivity index (χ2n) is 2.35. The average Bonchev–Trinajstić information content (AvgIpc) is 2.17. The van der Waals surface area contributed by atoms with Crippen LogP contribution < -0.4 is 5.11 Å². The third-order valence-electron chi connectivity index (χ3n) is 1.43. The molecule has 0 unspecified atom stereocenters. The average molecular weight is 169 g/mol. The highest BCUT2D eigenvalue weighted by Crippen LogP contribution is 2.09. The first-order valence-electron chi connectivity index (χ1n) is 3.55. The van der Waals surface area contributed by atoms with Crippen LogP contribution in [0.25, 0.3) is 6.08 Å². The highest BCUT2D eigenvalue weighted by Gasteiger charge is 1.91. The Bertz CT molecular complexity index is 388. The highest BCUT2D eigenvalue weighted by atomic mass is 16.3. The fourth-order valence-electron chi connectivity index (χ4n) is 0.820. The third kappa shape index (κ3) is 2.36. The lowest BCUT2D eigenvalue weighted by Gasteiger charge is -2.02. The fraction of sp³-hybridized carbons (Fsp3) is 0. The third-order valence-corrected chi connectivity index (χ3v) is 1.43. The van der Waals surface area contributed by atoms with E-state index in [1.807, 2.05) is 0 Å². The van der Waals surface area contributed by atoms with Gasteiger partial charge in [0.1, 0.15) is 17.7 Å². The molecule has 13 heavy (non-hydrogen) atoms. The van der Waals surface area contributed by atoms with Crippen LogP contribution in [0.15, 0.2) is 29.8 Å². The molecular formula is C10H5N2O-. The molecular weight excluding hydrogens is 164 g/mol. The molecule has 0 aliphatic carbocycles. The van der Waals surface area contributed by atoms with Crippen LogP contribution in [0.3, 0.4) is 0 Å². The molecule has 0 aliphatic heterocycles. The van der Waals surface area contributed by atoms with E-state index < -0.39 is 0 Å². The summed E-state index contributed by atoms with van der Waals surface area (Å²) in [6.45, 7) is 0. The minimum absolute atomic E-state index is 0.0265. The zero-order chi connectivity index (χ0) is 9.68. The predicted molar refractivity (Wildman–Crippen MR) is 45.1 cm³/mol. The van der Waals surface area contributed by atoms with Crippen molar-refractivity contribution < 1.29 is 5.11 Å². The van der Waals surface area contributed by atoms with Crippen molar-refractivity contribution in [3.8, 4) is 17.9 Å². The van der Waals surface area contributed by atoms with Gasteiger partial charge in [-0.25, -0.2) is 0 Å². The Balaban J connectivity index is 3.00. The Kier molecular flexibility index (Phi) is 2.68. The Morgan fingerprint density at radius 3 is 2.15 bits per heavy atom. The van der Waals surface area contributed by atoms with Crippen LogP contribution in [0.2, 0.25) is 0 Å². The van der Waals surface area contributed by atoms with E-state index in [9.17, 15) is 5.11 Å². The zero-order valence-corrected chi connectivity index (χ0v) is 6.69. The maximum Gasteiger partial charge on any atom is 0.130 e. The van der Waals surface area contributed by atoms with Crippen molar-refractivity contribution in [3.63, 3.8) is 0 Å². The summed E-state index contributed by atoms with van der Waals surface area (Å²) >= 11 is 0. The molecule has 0 bridgehead atoms. The summed E-state index contributed by atoms with van der Waals surface area (Å²) in [6.07, 6.45) is 1.43. The Morgan fingerprint density at radius 1 is 1.15 bits per heavy atom. The van der Waals surface area contributed by atoms with Gasteiger partial charge >= 0.3 is 0 Å². The first-order chi connectivity index (χ1) is 6.26. The van der Waals surface area contributed by atoms with E-state index >= 15 is 0 Å². The van der Waals surface area contributed by atoms with E-state index in [0.29, 0.717) is 5.56 Å². The molecule has 62 valence electrons. The second kappa shape index (κ2) is 3.94. The Morgan fingerprint density at radius 2 is 1.69 bits per heavy atom. The first kappa shape index (κ1) is 8.83. The first-order valence-corrected chi connectivity index (χ1v) is 3.55. The summed E-state index contributed by atoms with van der Waals surface area (Å²) in [5, 5.41) is 27.6. The van der Waals surface area contributed by atoms with Crippen molar-refractivity contribution in [2.45, 2.75) is 0 Å². The smallest absolute Gasteiger partial charge is 0.130 e. The van der Waals surface area contributed by atoms with E-state index in [0.717, 1.165) is 0 Å². The quantitative estimate of drug-likeness (QED) is 0.593. The molecule has 3 heteroatoms. The van der Waals surface area contributed by atoms with E-state index in [1.165, 1.54) is 18.2 Å². The topological polar surface area (TPSA) is 70.6 Å². The minimum Gasteiger partial charge on any atom is -0.872 e. The molecule has 0 fully saturated rings. The summed E-state index contributed by atoms with van der Waals surface area (Å²) < 4.78 is 0. The van der Waals surface area contributed by atoms with Crippen LogP contribution in [0, 0.1) is 22.7 Å². The van der Waals surface area contributed by atoms with Gasteiger partial charge in [0.2, 0.25) is 0 Å². The van der Waals surface area contributed by atoms with Crippen LogP contribution in [-0.2, 0) is 0 Å². The van der Waals surface area contributed by atoms with Crippen molar-refractivity contribution in [2.75, 3.05) is 0 Å². The summed E-state index contributed by atoms with van der Waals surface area (Å²) in [7, 11) is 0. The number of nitriles is 2. The second-order valence-corrected chi connectivity index (χ2v) is 2.35. The lowest BCUT2D eigenvalue weighted by atomic mass is 10.1. The molecule has 1 aromatic carbocycles. The van der Waals surface area contributed by atoms with Gasteiger partial charge < -0.3 is 5.11 Å². The van der Waals surface area contributed by atoms with Gasteiger partial charge in [-0.15, -0.1) is 5.75 Å². The standard InChI is InChI=1S/C10H6N2O/c11-6-9(7-12)5-8-1-3-10(13)4-2-8/h1-5,13H/p-1. The van der Waals surface area contributed by atoms with E-state index in [-0.39, 0.29) is 11.3 Å². The van der Waals surface area contributed by atoms with Crippen LogP contribution in [0.5, 0.6) is 5.75 Å². The molecule has 0 N–H and O–H groups in total. The molecule has 0 saturated heterocycles. The lowest BCUT2D eigenvalue weighted by Crippen LogP contribution is -1.87. The zero-order valence-electron chi connectivity index (χ0n) is 6.69. The van der Waals surface area contributed by atoms with E-state index in [2.05, 4.69) is 0 Å². The minimum atomic E-state index is -0.0902. The molecule has 0 heterocycles. The van der Waals surface area contributed by atoms with Crippen LogP contribution >= 0.6 is 0 Å². The van der Waals surface area contributed by atoms with Crippen molar-refractivity contribution in [1.82, 2.24) is 0 Å². The summed E-state index contributed by atoms with van der Waals surface area (Å²) in [5.41, 5.74) is 0.705. The van der Waals surface area contributed by atoms with E-state index in [4.69, 9.17) is 10.5 Å². The van der Waals surface area contributed by atoms with Gasteiger partial charge in [0.25, 0.3) is 0 Å². The largest absolute Gasteiger partial charge is 0.872 e. The number of allylic oxidation sites excluding steroid dienone is 1. The normalized spacial score (nSPS) is 8.15. The Hall–Kier alpha value is -2.26. The van der Waals surface area contributed by atoms with Crippen molar-refractivity contribution in [3.05, 3.63) is 35.4 Å². The molecule has 0 aromatic heterocycles. The number of nitrogens with zero attached hydrogens (tertiary/aromatic N) is 2. The van der Waals surface area contributed by atoms with Crippen molar-refractivity contribution in [2.24, 2.45) is 0 Å². The van der Waals surface area contributed by atoms with Gasteiger partial charge in [-0.3, -0.25) is 0 Å². The molecule has 1 rings (SSSR count). The molecule has 0 saturated carbocycles. The van der Waals surface area contributed by atoms with Gasteiger partial charge in [-0.2, -0.15) is 10.5 Å². The van der Waals surface area contributed by atoms with Crippen LogP contribution in [0.4, 0.5) is 0 Å². The molecule has 0 spiro atoms. The molecule has 1 aromatic rings. The number of rotatable bonds is 1. The van der Waals surface area contributed by atoms with Crippen LogP contribution in [0.1, 0.15) is 5.56 Å². The maximum atomic E-state index is 10.7. The SMILES string of the molecule is N#CC(C#N)=Cc1ccc([O-])cc1. The van der Waals surface area contributed by atoms with Crippen LogP contribution in [-0.4, -0.2) is 0 Å². The monoisotopic (exact) mass is 169 g/mol. The molecule has 3 nitrogen and oxygen atoms in total. The molecule has 0 atom stereocenters. The number of hydrogen-bond donors (Lipinski definition) is 0. The maximum absolute atomic E-state index is 10.7. The van der Waals surface area contributed by atoms with Gasteiger partial charge in [0.15, 0.2) is 0 Å². The summed E-state index contributed by atoms with van der Waals surface area (Å²) in [4.78, 5) is 0. The van der Waals surface area contributed by atoms with Gasteiger partial charge in [-0.1, -0.05) is 24.3 Å². The predicted octanol–water partition coefficient (Wildman–Crippen LogP) is 1.19. The van der Waals surface area contributed by atoms with Gasteiger partial charge in [0, 0.05) is 0 Å². The summed E-state index contributed by atoms with van der Waals surface area (Å²) in [5.74, 6) is -0.0902.